The largest absolute Gasteiger partial charge is 0.496 e. The maximum absolute atomic E-state index is 6.22. The number of nitrogens with zero attached hydrogens (tertiary/aromatic N) is 4. The number of fused-ring (bicyclic) bond motifs is 3. The van der Waals surface area contributed by atoms with Crippen LogP contribution in [0.3, 0.4) is 0 Å². The Morgan fingerprint density at radius 3 is 2.70 bits per heavy atom. The van der Waals surface area contributed by atoms with Crippen molar-refractivity contribution < 1.29 is 4.74 Å². The fraction of sp³-hybridized carbons (Fsp3) is 0.478. The van der Waals surface area contributed by atoms with Gasteiger partial charge in [-0.2, -0.15) is 0 Å². The molecule has 5 nitrogen and oxygen atoms in total. The van der Waals surface area contributed by atoms with Gasteiger partial charge in [-0.3, -0.25) is 4.90 Å². The molecule has 5 rings (SSSR count). The molecule has 2 aliphatic rings. The number of hydrogen-bond acceptors (Lipinski definition) is 6. The van der Waals surface area contributed by atoms with Gasteiger partial charge in [-0.25, -0.2) is 9.97 Å². The number of aromatic nitrogens is 2. The van der Waals surface area contributed by atoms with Crippen molar-refractivity contribution >= 4 is 39.0 Å². The predicted molar refractivity (Wildman–Crippen MR) is 124 cm³/mol. The predicted octanol–water partition coefficient (Wildman–Crippen LogP) is 4.86. The number of methoxy groups -OCH3 is 1. The normalized spacial score (nSPS) is 17.4. The van der Waals surface area contributed by atoms with Crippen LogP contribution in [0.4, 0.5) is 5.82 Å². The summed E-state index contributed by atoms with van der Waals surface area (Å²) >= 11 is 8.10. The van der Waals surface area contributed by atoms with Gasteiger partial charge in [0.2, 0.25) is 0 Å². The third kappa shape index (κ3) is 3.77. The van der Waals surface area contributed by atoms with Gasteiger partial charge in [-0.05, 0) is 56.4 Å². The molecule has 1 aromatic carbocycles. The Bertz CT molecular complexity index is 1070. The molecule has 7 heteroatoms. The topological polar surface area (TPSA) is 41.5 Å². The molecule has 0 spiro atoms. The summed E-state index contributed by atoms with van der Waals surface area (Å²) in [6.45, 7) is 6.80. The number of benzene rings is 1. The van der Waals surface area contributed by atoms with Crippen molar-refractivity contribution in [3.05, 3.63) is 45.1 Å². The molecule has 3 aromatic rings. The first-order valence-electron chi connectivity index (χ1n) is 10.7. The molecule has 0 amide bonds. The Hall–Kier alpha value is -1.89. The van der Waals surface area contributed by atoms with Crippen LogP contribution in [0, 0.1) is 6.92 Å². The van der Waals surface area contributed by atoms with Gasteiger partial charge in [-0.15, -0.1) is 11.3 Å². The van der Waals surface area contributed by atoms with Crippen molar-refractivity contribution in [2.75, 3.05) is 38.2 Å². The molecular weight excluding hydrogens is 416 g/mol. The highest BCUT2D eigenvalue weighted by atomic mass is 35.5. The molecule has 2 aromatic heterocycles. The third-order valence-electron chi connectivity index (χ3n) is 6.22. The molecule has 0 bridgehead atoms. The maximum atomic E-state index is 6.22. The van der Waals surface area contributed by atoms with E-state index in [2.05, 4.69) is 9.80 Å². The number of anilines is 1. The molecule has 3 heterocycles. The van der Waals surface area contributed by atoms with Crippen LogP contribution in [-0.4, -0.2) is 48.2 Å². The molecule has 30 heavy (non-hydrogen) atoms. The van der Waals surface area contributed by atoms with E-state index < -0.39 is 0 Å². The fourth-order valence-corrected chi connectivity index (χ4v) is 6.20. The van der Waals surface area contributed by atoms with Gasteiger partial charge in [0.1, 0.15) is 22.2 Å². The highest BCUT2D eigenvalue weighted by Gasteiger charge is 2.26. The van der Waals surface area contributed by atoms with Crippen LogP contribution >= 0.6 is 22.9 Å². The van der Waals surface area contributed by atoms with Gasteiger partial charge >= 0.3 is 0 Å². The SMILES string of the molecule is COc1ccc(Cl)cc1CN1CCN(c2nc(C)nc3sc4c(c23)CCCC4)CC1. The van der Waals surface area contributed by atoms with Crippen LogP contribution in [0.15, 0.2) is 18.2 Å². The van der Waals surface area contributed by atoms with Crippen LogP contribution in [0.1, 0.15) is 34.7 Å². The zero-order chi connectivity index (χ0) is 20.7. The number of hydrogen-bond donors (Lipinski definition) is 0. The molecule has 158 valence electrons. The first-order valence-corrected chi connectivity index (χ1v) is 11.9. The van der Waals surface area contributed by atoms with Gasteiger partial charge < -0.3 is 9.64 Å². The molecule has 1 aliphatic carbocycles. The Kier molecular flexibility index (Phi) is 5.56. The summed E-state index contributed by atoms with van der Waals surface area (Å²) in [5.41, 5.74) is 2.66. The summed E-state index contributed by atoms with van der Waals surface area (Å²) in [7, 11) is 1.72. The molecular formula is C23H27ClN4OS. The van der Waals surface area contributed by atoms with Crippen molar-refractivity contribution in [1.29, 1.82) is 0 Å². The second-order valence-corrected chi connectivity index (χ2v) is 9.72. The van der Waals surface area contributed by atoms with E-state index in [1.54, 1.807) is 7.11 Å². The monoisotopic (exact) mass is 442 g/mol. The number of ether oxygens (including phenoxy) is 1. The highest BCUT2D eigenvalue weighted by Crippen LogP contribution is 2.40. The van der Waals surface area contributed by atoms with E-state index in [0.717, 1.165) is 60.7 Å². The average Bonchev–Trinajstić information content (AvgIpc) is 3.12. The molecule has 1 saturated heterocycles. The van der Waals surface area contributed by atoms with E-state index >= 15 is 0 Å². The number of thiophene rings is 1. The third-order valence-corrected chi connectivity index (χ3v) is 7.64. The first kappa shape index (κ1) is 20.0. The smallest absolute Gasteiger partial charge is 0.141 e. The van der Waals surface area contributed by atoms with Crippen LogP contribution in [0.5, 0.6) is 5.75 Å². The minimum atomic E-state index is 0.755. The molecule has 0 unspecified atom stereocenters. The lowest BCUT2D eigenvalue weighted by atomic mass is 9.97. The van der Waals surface area contributed by atoms with E-state index in [4.69, 9.17) is 26.3 Å². The second kappa shape index (κ2) is 8.33. The van der Waals surface area contributed by atoms with Crippen LogP contribution in [0.25, 0.3) is 10.2 Å². The molecule has 0 radical (unpaired) electrons. The van der Waals surface area contributed by atoms with E-state index in [-0.39, 0.29) is 0 Å². The van der Waals surface area contributed by atoms with Crippen LogP contribution in [-0.2, 0) is 19.4 Å². The average molecular weight is 443 g/mol. The first-order chi connectivity index (χ1) is 14.6. The molecule has 1 aliphatic heterocycles. The van der Waals surface area contributed by atoms with E-state index in [1.807, 2.05) is 36.5 Å². The zero-order valence-corrected chi connectivity index (χ0v) is 19.2. The number of halogens is 1. The lowest BCUT2D eigenvalue weighted by Crippen LogP contribution is -2.46. The van der Waals surface area contributed by atoms with Crippen molar-refractivity contribution in [3.63, 3.8) is 0 Å². The summed E-state index contributed by atoms with van der Waals surface area (Å²) < 4.78 is 5.53. The fourth-order valence-electron chi connectivity index (χ4n) is 4.70. The summed E-state index contributed by atoms with van der Waals surface area (Å²) in [6, 6.07) is 5.85. The molecule has 0 saturated carbocycles. The van der Waals surface area contributed by atoms with Gasteiger partial charge in [0, 0.05) is 48.2 Å². The zero-order valence-electron chi connectivity index (χ0n) is 17.6. The van der Waals surface area contributed by atoms with Gasteiger partial charge in [-0.1, -0.05) is 11.6 Å². The van der Waals surface area contributed by atoms with Crippen LogP contribution < -0.4 is 9.64 Å². The molecule has 1 fully saturated rings. The Morgan fingerprint density at radius 1 is 1.10 bits per heavy atom. The van der Waals surface area contributed by atoms with Crippen molar-refractivity contribution in [2.45, 2.75) is 39.2 Å². The lowest BCUT2D eigenvalue weighted by molar-refractivity contribution is 0.245. The Morgan fingerprint density at radius 2 is 1.90 bits per heavy atom. The Labute approximate surface area is 186 Å². The number of rotatable bonds is 4. The maximum Gasteiger partial charge on any atom is 0.141 e. The second-order valence-electron chi connectivity index (χ2n) is 8.20. The van der Waals surface area contributed by atoms with Crippen LogP contribution in [0.2, 0.25) is 5.02 Å². The highest BCUT2D eigenvalue weighted by molar-refractivity contribution is 7.19. The van der Waals surface area contributed by atoms with Crippen molar-refractivity contribution in [2.24, 2.45) is 0 Å². The minimum absolute atomic E-state index is 0.755. The number of piperazine rings is 1. The summed E-state index contributed by atoms with van der Waals surface area (Å²) in [6.07, 6.45) is 4.95. The van der Waals surface area contributed by atoms with E-state index in [1.165, 1.54) is 46.3 Å². The summed E-state index contributed by atoms with van der Waals surface area (Å²) in [5, 5.41) is 2.08. The van der Waals surface area contributed by atoms with Gasteiger partial charge in [0.05, 0.1) is 12.5 Å². The van der Waals surface area contributed by atoms with E-state index in [9.17, 15) is 0 Å². The van der Waals surface area contributed by atoms with Crippen molar-refractivity contribution in [1.82, 2.24) is 14.9 Å². The van der Waals surface area contributed by atoms with Gasteiger partial charge in [0.15, 0.2) is 0 Å². The standard InChI is InChI=1S/C23H27ClN4OS/c1-15-25-22(21-18-5-3-4-6-20(18)30-23(21)26-15)28-11-9-27(10-12-28)14-16-13-17(24)7-8-19(16)29-2/h7-8,13H,3-6,9-12,14H2,1-2H3. The lowest BCUT2D eigenvalue weighted by Gasteiger charge is -2.36. The summed E-state index contributed by atoms with van der Waals surface area (Å²) in [4.78, 5) is 17.3. The minimum Gasteiger partial charge on any atom is -0.496 e. The molecule has 0 atom stereocenters. The number of aryl methyl sites for hydroxylation is 3. The molecule has 0 N–H and O–H groups in total. The Balaban J connectivity index is 1.37. The van der Waals surface area contributed by atoms with Crippen molar-refractivity contribution in [3.8, 4) is 5.75 Å². The van der Waals surface area contributed by atoms with Gasteiger partial charge in [0.25, 0.3) is 0 Å². The summed E-state index contributed by atoms with van der Waals surface area (Å²) in [5.74, 6) is 2.93. The quantitative estimate of drug-likeness (QED) is 0.577. The van der Waals surface area contributed by atoms with E-state index in [0.29, 0.717) is 0 Å².